The average Bonchev–Trinajstić information content (AvgIpc) is 3.04. The van der Waals surface area contributed by atoms with Gasteiger partial charge in [0.2, 0.25) is 0 Å². The fraction of sp³-hybridized carbons (Fsp3) is 0.238. The highest BCUT2D eigenvalue weighted by Gasteiger charge is 2.38. The molecular weight excluding hydrogens is 342 g/mol. The van der Waals surface area contributed by atoms with E-state index in [-0.39, 0.29) is 11.3 Å². The normalized spacial score (nSPS) is 15.2. The van der Waals surface area contributed by atoms with Crippen LogP contribution in [0.3, 0.4) is 0 Å². The number of nitrogens with one attached hydrogen (secondary N) is 2. The molecule has 3 aromatic rings. The summed E-state index contributed by atoms with van der Waals surface area (Å²) in [7, 11) is 0. The van der Waals surface area contributed by atoms with Gasteiger partial charge in [-0.1, -0.05) is 55.0 Å². The Morgan fingerprint density at radius 2 is 1.73 bits per heavy atom. The molecule has 1 amide bonds. The zero-order valence-electron chi connectivity index (χ0n) is 14.4. The van der Waals surface area contributed by atoms with Gasteiger partial charge >= 0.3 is 0 Å². The molecule has 132 valence electrons. The van der Waals surface area contributed by atoms with Crippen molar-refractivity contribution in [3.8, 4) is 5.69 Å². The van der Waals surface area contributed by atoms with Gasteiger partial charge in [-0.05, 0) is 42.8 Å². The zero-order valence-corrected chi connectivity index (χ0v) is 15.3. The van der Waals surface area contributed by atoms with E-state index in [9.17, 15) is 4.79 Å². The molecule has 0 unspecified atom stereocenters. The molecule has 0 aliphatic heterocycles. The minimum Gasteiger partial charge on any atom is -0.350 e. The van der Waals surface area contributed by atoms with E-state index < -0.39 is 0 Å². The maximum absolute atomic E-state index is 12.9. The first-order valence-corrected chi connectivity index (χ1v) is 9.30. The molecule has 1 heterocycles. The van der Waals surface area contributed by atoms with Crippen LogP contribution in [0.4, 0.5) is 0 Å². The number of hydrogen-bond donors (Lipinski definition) is 2. The van der Waals surface area contributed by atoms with Crippen LogP contribution in [-0.4, -0.2) is 22.0 Å². The molecule has 2 aromatic carbocycles. The second-order valence-corrected chi connectivity index (χ2v) is 7.22. The van der Waals surface area contributed by atoms with Crippen molar-refractivity contribution in [2.75, 3.05) is 6.54 Å². The van der Waals surface area contributed by atoms with E-state index in [0.29, 0.717) is 17.0 Å². The number of carbonyl (C=O) groups excluding carboxylic acids is 1. The van der Waals surface area contributed by atoms with Crippen molar-refractivity contribution in [3.05, 3.63) is 82.9 Å². The molecule has 0 spiro atoms. The highest BCUT2D eigenvalue weighted by molar-refractivity contribution is 7.71. The predicted molar refractivity (Wildman–Crippen MR) is 105 cm³/mol. The van der Waals surface area contributed by atoms with Crippen LogP contribution in [0.15, 0.2) is 66.9 Å². The molecule has 0 radical (unpaired) electrons. The van der Waals surface area contributed by atoms with E-state index in [4.69, 9.17) is 12.2 Å². The Hall–Kier alpha value is -2.66. The smallest absolute Gasteiger partial charge is 0.269 e. The SMILES string of the molecule is O=C(NCC1(c2ccccc2)CCC1)c1c[nH]c(=S)n1-c1ccccc1. The maximum Gasteiger partial charge on any atom is 0.269 e. The molecule has 1 fully saturated rings. The molecule has 1 aromatic heterocycles. The van der Waals surface area contributed by atoms with Crippen LogP contribution in [0.2, 0.25) is 0 Å². The average molecular weight is 363 g/mol. The Bertz CT molecular complexity index is 956. The van der Waals surface area contributed by atoms with Crippen molar-refractivity contribution in [1.82, 2.24) is 14.9 Å². The molecule has 1 aliphatic rings. The lowest BCUT2D eigenvalue weighted by Crippen LogP contribution is -2.45. The Morgan fingerprint density at radius 3 is 2.35 bits per heavy atom. The topological polar surface area (TPSA) is 49.8 Å². The zero-order chi connectivity index (χ0) is 18.0. The Balaban J connectivity index is 1.56. The highest BCUT2D eigenvalue weighted by atomic mass is 32.1. The Kier molecular flexibility index (Phi) is 4.47. The molecule has 4 rings (SSSR count). The minimum atomic E-state index is -0.108. The van der Waals surface area contributed by atoms with E-state index in [1.807, 2.05) is 36.4 Å². The quantitative estimate of drug-likeness (QED) is 0.661. The highest BCUT2D eigenvalue weighted by Crippen LogP contribution is 2.43. The van der Waals surface area contributed by atoms with E-state index in [2.05, 4.69) is 34.6 Å². The summed E-state index contributed by atoms with van der Waals surface area (Å²) in [4.78, 5) is 15.9. The summed E-state index contributed by atoms with van der Waals surface area (Å²) in [6, 6.07) is 20.2. The number of para-hydroxylation sites is 1. The van der Waals surface area contributed by atoms with E-state index in [1.165, 1.54) is 12.0 Å². The van der Waals surface area contributed by atoms with Gasteiger partial charge in [0.25, 0.3) is 5.91 Å². The first-order valence-electron chi connectivity index (χ1n) is 8.89. The fourth-order valence-corrected chi connectivity index (χ4v) is 3.93. The third-order valence-corrected chi connectivity index (χ3v) is 5.61. The van der Waals surface area contributed by atoms with Crippen molar-refractivity contribution in [1.29, 1.82) is 0 Å². The Labute approximate surface area is 157 Å². The Morgan fingerprint density at radius 1 is 1.08 bits per heavy atom. The van der Waals surface area contributed by atoms with Gasteiger partial charge in [-0.3, -0.25) is 9.36 Å². The van der Waals surface area contributed by atoms with E-state index in [0.717, 1.165) is 18.5 Å². The third-order valence-electron chi connectivity index (χ3n) is 5.31. The van der Waals surface area contributed by atoms with Gasteiger partial charge < -0.3 is 10.3 Å². The third kappa shape index (κ3) is 2.99. The lowest BCUT2D eigenvalue weighted by molar-refractivity contribution is 0.0921. The largest absolute Gasteiger partial charge is 0.350 e. The van der Waals surface area contributed by atoms with Crippen LogP contribution in [0.25, 0.3) is 5.69 Å². The van der Waals surface area contributed by atoms with E-state index >= 15 is 0 Å². The molecule has 0 saturated heterocycles. The number of nitrogens with zero attached hydrogens (tertiary/aromatic N) is 1. The van der Waals surface area contributed by atoms with Gasteiger partial charge in [-0.2, -0.15) is 0 Å². The number of aromatic amines is 1. The standard InChI is InChI=1S/C21H21N3OS/c25-19(18-14-22-20(26)24(18)17-10-5-2-6-11-17)23-15-21(12-7-13-21)16-8-3-1-4-9-16/h1-6,8-11,14H,7,12-13,15H2,(H,22,26)(H,23,25). The van der Waals surface area contributed by atoms with Crippen molar-refractivity contribution in [2.24, 2.45) is 0 Å². The maximum atomic E-state index is 12.9. The molecule has 1 saturated carbocycles. The van der Waals surface area contributed by atoms with Crippen molar-refractivity contribution in [2.45, 2.75) is 24.7 Å². The summed E-state index contributed by atoms with van der Waals surface area (Å²) in [6.07, 6.45) is 5.10. The number of carbonyl (C=O) groups is 1. The first-order chi connectivity index (χ1) is 12.7. The molecule has 0 atom stereocenters. The minimum absolute atomic E-state index is 0.0571. The van der Waals surface area contributed by atoms with Gasteiger partial charge in [0, 0.05) is 23.8 Å². The summed E-state index contributed by atoms with van der Waals surface area (Å²) in [5, 5.41) is 3.14. The molecule has 5 heteroatoms. The number of rotatable bonds is 5. The van der Waals surface area contributed by atoms with Crippen LogP contribution in [-0.2, 0) is 5.41 Å². The summed E-state index contributed by atoms with van der Waals surface area (Å²) < 4.78 is 2.29. The lowest BCUT2D eigenvalue weighted by atomic mass is 9.64. The van der Waals surface area contributed by atoms with Crippen LogP contribution in [0.5, 0.6) is 0 Å². The number of amides is 1. The van der Waals surface area contributed by atoms with Gasteiger partial charge in [0.1, 0.15) is 5.69 Å². The van der Waals surface area contributed by atoms with Crippen LogP contribution in [0, 0.1) is 4.77 Å². The van der Waals surface area contributed by atoms with Crippen molar-refractivity contribution in [3.63, 3.8) is 0 Å². The molecule has 4 nitrogen and oxygen atoms in total. The summed E-state index contributed by atoms with van der Waals surface area (Å²) >= 11 is 5.37. The van der Waals surface area contributed by atoms with Gasteiger partial charge in [-0.25, -0.2) is 0 Å². The predicted octanol–water partition coefficient (Wildman–Crippen LogP) is 4.39. The van der Waals surface area contributed by atoms with Crippen LogP contribution >= 0.6 is 12.2 Å². The number of benzene rings is 2. The monoisotopic (exact) mass is 363 g/mol. The number of imidazole rings is 1. The lowest BCUT2D eigenvalue weighted by Gasteiger charge is -2.42. The molecule has 1 aliphatic carbocycles. The summed E-state index contributed by atoms with van der Waals surface area (Å²) in [5.41, 5.74) is 2.77. The van der Waals surface area contributed by atoms with Crippen LogP contribution < -0.4 is 5.32 Å². The number of H-pyrrole nitrogens is 1. The fourth-order valence-electron chi connectivity index (χ4n) is 3.67. The van der Waals surface area contributed by atoms with Crippen molar-refractivity contribution < 1.29 is 4.79 Å². The van der Waals surface area contributed by atoms with Crippen LogP contribution in [0.1, 0.15) is 35.3 Å². The molecular formula is C21H21N3OS. The second-order valence-electron chi connectivity index (χ2n) is 6.83. The second kappa shape index (κ2) is 6.92. The summed E-state index contributed by atoms with van der Waals surface area (Å²) in [6.45, 7) is 0.641. The van der Waals surface area contributed by atoms with Gasteiger partial charge in [-0.15, -0.1) is 0 Å². The molecule has 0 bridgehead atoms. The summed E-state index contributed by atoms with van der Waals surface area (Å²) in [5.74, 6) is -0.108. The molecule has 26 heavy (non-hydrogen) atoms. The van der Waals surface area contributed by atoms with Gasteiger partial charge in [0.15, 0.2) is 4.77 Å². The van der Waals surface area contributed by atoms with Gasteiger partial charge in [0.05, 0.1) is 0 Å². The first kappa shape index (κ1) is 16.8. The number of hydrogen-bond acceptors (Lipinski definition) is 2. The van der Waals surface area contributed by atoms with Crippen molar-refractivity contribution >= 4 is 18.1 Å². The molecule has 2 N–H and O–H groups in total. The van der Waals surface area contributed by atoms with E-state index in [1.54, 1.807) is 10.8 Å². The number of aromatic nitrogens is 2.